The summed E-state index contributed by atoms with van der Waals surface area (Å²) < 4.78 is 16.7. The number of hydrogen-bond donors (Lipinski definition) is 4. The molecule has 0 spiro atoms. The summed E-state index contributed by atoms with van der Waals surface area (Å²) >= 11 is 0. The molecule has 2 bridgehead atoms. The SMILES string of the molecule is CO[C@@H]1[C@H](N)C[C@H]2O[C@]1(C)n1c3ccc(O)c(O)c3c3c4c(c5c6ccccc6n2c5c31)C(=O)NC4=O. The summed E-state index contributed by atoms with van der Waals surface area (Å²) in [5, 5.41) is 26.2. The van der Waals surface area contributed by atoms with E-state index in [4.69, 9.17) is 15.2 Å². The van der Waals surface area contributed by atoms with Gasteiger partial charge in [0.2, 0.25) is 0 Å². The molecule has 2 amide bonds. The normalized spacial score (nSPS) is 26.5. The van der Waals surface area contributed by atoms with E-state index in [1.807, 2.05) is 40.3 Å². The number of fused-ring (bicyclic) bond motifs is 13. The number of nitrogens with zero attached hydrogens (tertiary/aromatic N) is 2. The van der Waals surface area contributed by atoms with Crippen molar-refractivity contribution >= 4 is 55.4 Å². The third-order valence-corrected chi connectivity index (χ3v) is 8.40. The van der Waals surface area contributed by atoms with Crippen LogP contribution >= 0.6 is 0 Å². The topological polar surface area (TPSA) is 141 Å². The van der Waals surface area contributed by atoms with Crippen LogP contribution in [0.2, 0.25) is 0 Å². The van der Waals surface area contributed by atoms with Crippen molar-refractivity contribution in [3.05, 3.63) is 47.5 Å². The van der Waals surface area contributed by atoms with Gasteiger partial charge in [-0.1, -0.05) is 18.2 Å². The van der Waals surface area contributed by atoms with Crippen LogP contribution in [0, 0.1) is 0 Å². The number of aromatic nitrogens is 2. The molecule has 5 N–H and O–H groups in total. The highest BCUT2D eigenvalue weighted by Crippen LogP contribution is 2.55. The maximum absolute atomic E-state index is 13.3. The number of benzene rings is 3. The lowest BCUT2D eigenvalue weighted by Crippen LogP contribution is -2.59. The number of carbonyl (C=O) groups is 2. The van der Waals surface area contributed by atoms with Crippen LogP contribution in [0.5, 0.6) is 11.5 Å². The molecule has 5 heterocycles. The zero-order valence-corrected chi connectivity index (χ0v) is 19.9. The highest BCUT2D eigenvalue weighted by atomic mass is 16.6. The number of phenolic OH excluding ortho intramolecular Hbond substituents is 2. The van der Waals surface area contributed by atoms with Crippen LogP contribution < -0.4 is 11.1 Å². The van der Waals surface area contributed by atoms with Gasteiger partial charge >= 0.3 is 0 Å². The van der Waals surface area contributed by atoms with Crippen molar-refractivity contribution in [2.24, 2.45) is 5.73 Å². The first-order chi connectivity index (χ1) is 17.8. The van der Waals surface area contributed by atoms with Crippen molar-refractivity contribution in [2.75, 3.05) is 7.11 Å². The molecule has 0 radical (unpaired) electrons. The van der Waals surface area contributed by atoms with Crippen LogP contribution in [-0.4, -0.2) is 50.4 Å². The van der Waals surface area contributed by atoms with Crippen molar-refractivity contribution < 1.29 is 29.3 Å². The fraction of sp³-hybridized carbons (Fsp3) is 0.259. The number of aromatic hydroxyl groups is 2. The predicted molar refractivity (Wildman–Crippen MR) is 135 cm³/mol. The smallest absolute Gasteiger partial charge is 0.259 e. The number of hydrogen-bond acceptors (Lipinski definition) is 7. The minimum atomic E-state index is -1.15. The van der Waals surface area contributed by atoms with Crippen LogP contribution in [-0.2, 0) is 15.2 Å². The molecule has 186 valence electrons. The molecule has 0 saturated carbocycles. The van der Waals surface area contributed by atoms with E-state index >= 15 is 0 Å². The number of rotatable bonds is 1. The van der Waals surface area contributed by atoms with E-state index in [1.54, 1.807) is 13.2 Å². The molecule has 1 fully saturated rings. The van der Waals surface area contributed by atoms with Gasteiger partial charge in [-0.15, -0.1) is 0 Å². The van der Waals surface area contributed by atoms with E-state index in [0.29, 0.717) is 33.7 Å². The van der Waals surface area contributed by atoms with Gasteiger partial charge in [0.1, 0.15) is 12.3 Å². The molecule has 3 aliphatic rings. The first-order valence-electron chi connectivity index (χ1n) is 12.1. The molecule has 10 heteroatoms. The minimum Gasteiger partial charge on any atom is -0.504 e. The number of ether oxygens (including phenoxy) is 2. The summed E-state index contributed by atoms with van der Waals surface area (Å²) in [5.41, 5.74) is 8.62. The minimum absolute atomic E-state index is 0.165. The first kappa shape index (κ1) is 21.0. The van der Waals surface area contributed by atoms with Crippen LogP contribution in [0.4, 0.5) is 0 Å². The second kappa shape index (κ2) is 6.41. The van der Waals surface area contributed by atoms with Gasteiger partial charge in [-0.25, -0.2) is 0 Å². The lowest BCUT2D eigenvalue weighted by molar-refractivity contribution is -0.252. The molecule has 10 nitrogen and oxygen atoms in total. The molecular formula is C27H22N4O6. The third kappa shape index (κ3) is 2.16. The summed E-state index contributed by atoms with van der Waals surface area (Å²) in [5.74, 6) is -1.78. The molecule has 4 atom stereocenters. The van der Waals surface area contributed by atoms with Crippen LogP contribution in [0.15, 0.2) is 36.4 Å². The lowest BCUT2D eigenvalue weighted by atomic mass is 9.93. The number of nitrogens with one attached hydrogen (secondary N) is 1. The van der Waals surface area contributed by atoms with Crippen LogP contribution in [0.1, 0.15) is 40.3 Å². The van der Waals surface area contributed by atoms with Gasteiger partial charge in [0.05, 0.1) is 38.6 Å². The van der Waals surface area contributed by atoms with Crippen molar-refractivity contribution in [3.63, 3.8) is 0 Å². The van der Waals surface area contributed by atoms with Crippen molar-refractivity contribution in [1.82, 2.24) is 14.5 Å². The average Bonchev–Trinajstić information content (AvgIpc) is 3.46. The Labute approximate surface area is 208 Å². The van der Waals surface area contributed by atoms with E-state index in [0.717, 1.165) is 10.9 Å². The zero-order valence-electron chi connectivity index (χ0n) is 19.9. The van der Waals surface area contributed by atoms with E-state index in [-0.39, 0.29) is 28.0 Å². The van der Waals surface area contributed by atoms with Crippen LogP contribution in [0.25, 0.3) is 43.6 Å². The summed E-state index contributed by atoms with van der Waals surface area (Å²) in [6, 6.07) is 10.3. The van der Waals surface area contributed by atoms with Crippen molar-refractivity contribution in [3.8, 4) is 11.5 Å². The standard InChI is InChI=1S/C27H22N4O6/c1-27-24(36-2)11(28)9-15(37-27)30-12-6-4-3-5-10(12)16-19-20(26(35)29-25(19)34)18-17-13(7-8-14(32)23(17)33)31(27)22(18)21(16)30/h3-8,11,15,24,32-33H,9,28H2,1-2H3,(H,29,34,35)/t11-,15-,24-,27+/m1/s1. The summed E-state index contributed by atoms with van der Waals surface area (Å²) in [6.07, 6.45) is -0.607. The van der Waals surface area contributed by atoms with Crippen molar-refractivity contribution in [2.45, 2.75) is 37.4 Å². The Hall–Kier alpha value is -4.12. The van der Waals surface area contributed by atoms with Crippen LogP contribution in [0.3, 0.4) is 0 Å². The van der Waals surface area contributed by atoms with Gasteiger partial charge in [-0.05, 0) is 25.1 Å². The summed E-state index contributed by atoms with van der Waals surface area (Å²) in [7, 11) is 1.58. The molecule has 37 heavy (non-hydrogen) atoms. The van der Waals surface area contributed by atoms with Gasteiger partial charge in [0, 0.05) is 35.7 Å². The second-order valence-corrected chi connectivity index (χ2v) is 10.2. The number of nitrogens with two attached hydrogens (primary N) is 1. The molecule has 5 aromatic rings. The Morgan fingerprint density at radius 2 is 1.76 bits per heavy atom. The highest BCUT2D eigenvalue weighted by Gasteiger charge is 2.53. The second-order valence-electron chi connectivity index (χ2n) is 10.2. The van der Waals surface area contributed by atoms with Gasteiger partial charge in [-0.3, -0.25) is 14.9 Å². The van der Waals surface area contributed by atoms with E-state index < -0.39 is 35.9 Å². The third-order valence-electron chi connectivity index (χ3n) is 8.40. The monoisotopic (exact) mass is 498 g/mol. The number of imide groups is 1. The zero-order chi connectivity index (χ0) is 25.5. The Balaban J connectivity index is 1.78. The maximum Gasteiger partial charge on any atom is 0.259 e. The van der Waals surface area contributed by atoms with E-state index in [1.165, 1.54) is 6.07 Å². The quantitative estimate of drug-likeness (QED) is 0.206. The number of phenols is 2. The van der Waals surface area contributed by atoms with Gasteiger partial charge in [-0.2, -0.15) is 0 Å². The fourth-order valence-electron chi connectivity index (χ4n) is 7.14. The molecule has 8 rings (SSSR count). The molecule has 3 aliphatic heterocycles. The Morgan fingerprint density at radius 1 is 1.03 bits per heavy atom. The summed E-state index contributed by atoms with van der Waals surface area (Å²) in [6.45, 7) is 1.88. The molecule has 0 aliphatic carbocycles. The molecule has 2 aromatic heterocycles. The van der Waals surface area contributed by atoms with E-state index in [2.05, 4.69) is 5.32 Å². The number of methoxy groups -OCH3 is 1. The van der Waals surface area contributed by atoms with Crippen molar-refractivity contribution in [1.29, 1.82) is 0 Å². The molecule has 0 unspecified atom stereocenters. The fourth-order valence-corrected chi connectivity index (χ4v) is 7.14. The largest absolute Gasteiger partial charge is 0.504 e. The molecular weight excluding hydrogens is 476 g/mol. The van der Waals surface area contributed by atoms with Gasteiger partial charge in [0.25, 0.3) is 11.8 Å². The number of amides is 2. The maximum atomic E-state index is 13.3. The van der Waals surface area contributed by atoms with Gasteiger partial charge in [0.15, 0.2) is 17.2 Å². The van der Waals surface area contributed by atoms with Gasteiger partial charge < -0.3 is 34.6 Å². The Bertz CT molecular complexity index is 1920. The first-order valence-corrected chi connectivity index (χ1v) is 12.1. The predicted octanol–water partition coefficient (Wildman–Crippen LogP) is 3.14. The average molecular weight is 498 g/mol. The molecule has 3 aromatic carbocycles. The number of carbonyl (C=O) groups excluding carboxylic acids is 2. The number of para-hydroxylation sites is 1. The van der Waals surface area contributed by atoms with E-state index in [9.17, 15) is 19.8 Å². The molecule has 1 saturated heterocycles. The summed E-state index contributed by atoms with van der Waals surface area (Å²) in [4.78, 5) is 26.6. The Morgan fingerprint density at radius 3 is 2.51 bits per heavy atom. The Kier molecular flexibility index (Phi) is 3.64. The highest BCUT2D eigenvalue weighted by molar-refractivity contribution is 6.40. The lowest BCUT2D eigenvalue weighted by Gasteiger charge is -2.47.